The van der Waals surface area contributed by atoms with Gasteiger partial charge < -0.3 is 14.6 Å². The molecule has 0 unspecified atom stereocenters. The molecule has 0 spiro atoms. The third kappa shape index (κ3) is 3.81. The van der Waals surface area contributed by atoms with Crippen molar-refractivity contribution < 1.29 is 4.74 Å². The summed E-state index contributed by atoms with van der Waals surface area (Å²) in [6.07, 6.45) is 3.30. The molecule has 1 saturated heterocycles. The minimum Gasteiger partial charge on any atom is -0.378 e. The molecule has 0 saturated carbocycles. The molecule has 1 fully saturated rings. The molecule has 0 amide bonds. The molecule has 3 rings (SSSR count). The Hall–Kier alpha value is -1.39. The van der Waals surface area contributed by atoms with Gasteiger partial charge in [-0.25, -0.2) is 4.98 Å². The summed E-state index contributed by atoms with van der Waals surface area (Å²) < 4.78 is 8.56. The first-order valence-corrected chi connectivity index (χ1v) is 9.15. The number of para-hydroxylation sites is 2. The molecule has 1 N–H and O–H groups in total. The van der Waals surface area contributed by atoms with Gasteiger partial charge in [0, 0.05) is 24.0 Å². The number of nitrogens with one attached hydrogen (secondary N) is 1. The number of nitrogens with zero attached hydrogens (tertiary/aromatic N) is 2. The van der Waals surface area contributed by atoms with Gasteiger partial charge in [-0.05, 0) is 59.6 Å². The number of rotatable bonds is 5. The van der Waals surface area contributed by atoms with Gasteiger partial charge in [-0.3, -0.25) is 0 Å². The van der Waals surface area contributed by atoms with E-state index in [0.29, 0.717) is 6.10 Å². The second-order valence-electron chi connectivity index (χ2n) is 8.30. The van der Waals surface area contributed by atoms with Crippen LogP contribution in [0.25, 0.3) is 11.0 Å². The maximum Gasteiger partial charge on any atom is 0.112 e. The lowest BCUT2D eigenvalue weighted by Crippen LogP contribution is -2.59. The van der Waals surface area contributed by atoms with E-state index in [4.69, 9.17) is 9.72 Å². The van der Waals surface area contributed by atoms with Gasteiger partial charge in [0.2, 0.25) is 0 Å². The van der Waals surface area contributed by atoms with E-state index in [1.807, 2.05) is 0 Å². The van der Waals surface area contributed by atoms with Crippen molar-refractivity contribution in [2.45, 2.75) is 77.6 Å². The van der Waals surface area contributed by atoms with E-state index < -0.39 is 0 Å². The summed E-state index contributed by atoms with van der Waals surface area (Å²) in [7, 11) is 0. The minimum absolute atomic E-state index is 0.128. The predicted molar refractivity (Wildman–Crippen MR) is 99.4 cm³/mol. The highest BCUT2D eigenvalue weighted by molar-refractivity contribution is 5.75. The van der Waals surface area contributed by atoms with Crippen LogP contribution >= 0.6 is 0 Å². The topological polar surface area (TPSA) is 39.1 Å². The van der Waals surface area contributed by atoms with Crippen molar-refractivity contribution in [2.24, 2.45) is 0 Å². The zero-order valence-electron chi connectivity index (χ0n) is 15.7. The smallest absolute Gasteiger partial charge is 0.112 e. The Labute approximate surface area is 145 Å². The Bertz CT molecular complexity index is 686. The number of fused-ring (bicyclic) bond motifs is 1. The molecule has 1 aromatic carbocycles. The highest BCUT2D eigenvalue weighted by atomic mass is 16.5. The first-order chi connectivity index (χ1) is 11.3. The first kappa shape index (κ1) is 17.4. The second kappa shape index (κ2) is 6.49. The Morgan fingerprint density at radius 2 is 1.83 bits per heavy atom. The Morgan fingerprint density at radius 3 is 2.50 bits per heavy atom. The molecule has 0 atom stereocenters. The molecule has 1 aliphatic heterocycles. The number of hydrogen-bond acceptors (Lipinski definition) is 3. The van der Waals surface area contributed by atoms with E-state index in [9.17, 15) is 0 Å². The third-order valence-electron chi connectivity index (χ3n) is 4.88. The maximum absolute atomic E-state index is 6.26. The summed E-state index contributed by atoms with van der Waals surface area (Å²) >= 11 is 0. The predicted octanol–water partition coefficient (Wildman–Crippen LogP) is 3.92. The molecule has 0 aliphatic carbocycles. The van der Waals surface area contributed by atoms with Crippen molar-refractivity contribution in [1.82, 2.24) is 14.9 Å². The molecule has 2 heterocycles. The summed E-state index contributed by atoms with van der Waals surface area (Å²) in [6.45, 7) is 12.9. The van der Waals surface area contributed by atoms with Crippen LogP contribution in [0.4, 0.5) is 0 Å². The van der Waals surface area contributed by atoms with Crippen LogP contribution < -0.4 is 5.32 Å². The van der Waals surface area contributed by atoms with Crippen LogP contribution in [0, 0.1) is 0 Å². The van der Waals surface area contributed by atoms with Crippen molar-refractivity contribution in [3.8, 4) is 0 Å². The Morgan fingerprint density at radius 1 is 1.17 bits per heavy atom. The molecule has 132 valence electrons. The zero-order chi connectivity index (χ0) is 17.4. The van der Waals surface area contributed by atoms with E-state index in [1.165, 1.54) is 5.52 Å². The molecule has 0 radical (unpaired) electrons. The number of benzene rings is 1. The Kier molecular flexibility index (Phi) is 4.71. The van der Waals surface area contributed by atoms with Gasteiger partial charge in [0.15, 0.2) is 0 Å². The molecule has 24 heavy (non-hydrogen) atoms. The average Bonchev–Trinajstić information content (AvgIpc) is 2.81. The van der Waals surface area contributed by atoms with Crippen molar-refractivity contribution in [3.63, 3.8) is 0 Å². The molecular weight excluding hydrogens is 298 g/mol. The standard InChI is InChI=1S/C20H31N3O/c1-6-23-17-10-8-7-9-16(17)21-18(23)11-12-24-15-13-19(2,3)22-20(4,5)14-15/h7-10,15,22H,6,11-14H2,1-5H3. The number of hydrogen-bond donors (Lipinski definition) is 1. The fraction of sp³-hybridized carbons (Fsp3) is 0.650. The quantitative estimate of drug-likeness (QED) is 0.903. The minimum atomic E-state index is 0.128. The van der Waals surface area contributed by atoms with E-state index in [2.05, 4.69) is 68.8 Å². The zero-order valence-corrected chi connectivity index (χ0v) is 15.7. The summed E-state index contributed by atoms with van der Waals surface area (Å²) in [5.41, 5.74) is 2.56. The molecule has 1 aliphatic rings. The van der Waals surface area contributed by atoms with Crippen LogP contribution in [0.1, 0.15) is 53.3 Å². The molecule has 4 heteroatoms. The summed E-state index contributed by atoms with van der Waals surface area (Å²) in [5.74, 6) is 1.13. The highest BCUT2D eigenvalue weighted by Gasteiger charge is 2.38. The lowest BCUT2D eigenvalue weighted by molar-refractivity contribution is -0.0208. The molecule has 4 nitrogen and oxygen atoms in total. The molecule has 2 aromatic rings. The molecular formula is C20H31N3O. The van der Waals surface area contributed by atoms with Crippen molar-refractivity contribution in [1.29, 1.82) is 0 Å². The van der Waals surface area contributed by atoms with Crippen molar-refractivity contribution in [3.05, 3.63) is 30.1 Å². The monoisotopic (exact) mass is 329 g/mol. The van der Waals surface area contributed by atoms with Crippen LogP contribution in [0.5, 0.6) is 0 Å². The third-order valence-corrected chi connectivity index (χ3v) is 4.88. The number of aryl methyl sites for hydroxylation is 1. The van der Waals surface area contributed by atoms with E-state index >= 15 is 0 Å². The maximum atomic E-state index is 6.26. The van der Waals surface area contributed by atoms with Gasteiger partial charge >= 0.3 is 0 Å². The van der Waals surface area contributed by atoms with Crippen LogP contribution in [0.2, 0.25) is 0 Å². The number of piperidine rings is 1. The van der Waals surface area contributed by atoms with Gasteiger partial charge in [-0.1, -0.05) is 12.1 Å². The Balaban J connectivity index is 1.64. The van der Waals surface area contributed by atoms with Crippen LogP contribution in [0.3, 0.4) is 0 Å². The van der Waals surface area contributed by atoms with E-state index in [-0.39, 0.29) is 11.1 Å². The van der Waals surface area contributed by atoms with Gasteiger partial charge in [0.25, 0.3) is 0 Å². The fourth-order valence-corrected chi connectivity index (χ4v) is 4.33. The lowest BCUT2D eigenvalue weighted by Gasteiger charge is -2.46. The number of ether oxygens (including phenoxy) is 1. The largest absolute Gasteiger partial charge is 0.378 e. The van der Waals surface area contributed by atoms with Gasteiger partial charge in [0.05, 0.1) is 23.7 Å². The second-order valence-corrected chi connectivity index (χ2v) is 8.30. The van der Waals surface area contributed by atoms with Crippen LogP contribution in [-0.2, 0) is 17.7 Å². The van der Waals surface area contributed by atoms with Crippen LogP contribution in [0.15, 0.2) is 24.3 Å². The summed E-state index contributed by atoms with van der Waals surface area (Å²) in [6, 6.07) is 8.36. The fourth-order valence-electron chi connectivity index (χ4n) is 4.33. The average molecular weight is 329 g/mol. The SMILES string of the molecule is CCn1c(CCOC2CC(C)(C)NC(C)(C)C2)nc2ccccc21. The van der Waals surface area contributed by atoms with Crippen LogP contribution in [-0.4, -0.2) is 33.3 Å². The van der Waals surface area contributed by atoms with E-state index in [1.54, 1.807) is 0 Å². The summed E-state index contributed by atoms with van der Waals surface area (Å²) in [5, 5.41) is 3.71. The van der Waals surface area contributed by atoms with Gasteiger partial charge in [0.1, 0.15) is 5.82 Å². The normalized spacial score (nSPS) is 20.5. The lowest BCUT2D eigenvalue weighted by atomic mass is 9.81. The van der Waals surface area contributed by atoms with Gasteiger partial charge in [-0.2, -0.15) is 0 Å². The van der Waals surface area contributed by atoms with Gasteiger partial charge in [-0.15, -0.1) is 0 Å². The summed E-state index contributed by atoms with van der Waals surface area (Å²) in [4.78, 5) is 4.79. The highest BCUT2D eigenvalue weighted by Crippen LogP contribution is 2.30. The molecule has 0 bridgehead atoms. The first-order valence-electron chi connectivity index (χ1n) is 9.15. The molecule has 1 aromatic heterocycles. The van der Waals surface area contributed by atoms with Crippen molar-refractivity contribution in [2.75, 3.05) is 6.61 Å². The van der Waals surface area contributed by atoms with Crippen molar-refractivity contribution >= 4 is 11.0 Å². The van der Waals surface area contributed by atoms with E-state index in [0.717, 1.165) is 43.8 Å². The number of imidazole rings is 1. The number of aromatic nitrogens is 2.